The lowest BCUT2D eigenvalue weighted by molar-refractivity contribution is -0.944. The zero-order valence-electron chi connectivity index (χ0n) is 28.6. The Morgan fingerprint density at radius 2 is 0.977 bits per heavy atom. The van der Waals surface area contributed by atoms with Crippen LogP contribution in [0.15, 0.2) is 10.2 Å². The second kappa shape index (κ2) is 21.5. The Bertz CT molecular complexity index is 748. The number of rotatable bonds is 22. The average molecular weight is 627 g/mol. The highest BCUT2D eigenvalue weighted by Crippen LogP contribution is 2.23. The fraction of sp³-hybridized carbons (Fsp3) is 0.941. The Labute approximate surface area is 268 Å². The van der Waals surface area contributed by atoms with Gasteiger partial charge < -0.3 is 29.9 Å². The molecule has 0 radical (unpaired) electrons. The molecule has 2 fully saturated rings. The monoisotopic (exact) mass is 626 g/mol. The van der Waals surface area contributed by atoms with E-state index in [4.69, 9.17) is 9.47 Å². The van der Waals surface area contributed by atoms with Gasteiger partial charge in [0.05, 0.1) is 25.0 Å². The molecular weight excluding hydrogens is 560 g/mol. The van der Waals surface area contributed by atoms with Gasteiger partial charge in [-0.3, -0.25) is 0 Å². The van der Waals surface area contributed by atoms with Crippen molar-refractivity contribution in [3.63, 3.8) is 0 Å². The standard InChI is InChI=1S/C34H66N4O6/c1-5-9-17-29(7-3)25-43-27-31(39)23-37(19-13-11-14-20-37)35-33(41)34(42)36-38(21-15-12-16-22-38)24-32(40)28-44-26-30(8-4)18-10-6-2/h29-32,39-40H,5-28H2,1-4H3. The van der Waals surface area contributed by atoms with Crippen molar-refractivity contribution in [2.24, 2.45) is 22.0 Å². The quantitative estimate of drug-likeness (QED) is 0.107. The van der Waals surface area contributed by atoms with Gasteiger partial charge in [-0.25, -0.2) is 0 Å². The fourth-order valence-corrected chi connectivity index (χ4v) is 6.75. The van der Waals surface area contributed by atoms with Crippen LogP contribution in [0.25, 0.3) is 0 Å². The van der Waals surface area contributed by atoms with Crippen LogP contribution in [-0.4, -0.2) is 109 Å². The summed E-state index contributed by atoms with van der Waals surface area (Å²) in [6.07, 6.45) is 13.1. The van der Waals surface area contributed by atoms with E-state index in [-0.39, 0.29) is 35.5 Å². The van der Waals surface area contributed by atoms with Gasteiger partial charge in [0, 0.05) is 13.2 Å². The van der Waals surface area contributed by atoms with Gasteiger partial charge in [-0.2, -0.15) is 9.18 Å². The lowest BCUT2D eigenvalue weighted by atomic mass is 10.0. The van der Waals surface area contributed by atoms with Crippen LogP contribution < -0.4 is 10.2 Å². The molecule has 0 saturated carbocycles. The van der Waals surface area contributed by atoms with Crippen LogP contribution in [0.1, 0.15) is 118 Å². The summed E-state index contributed by atoms with van der Waals surface area (Å²) < 4.78 is 11.9. The number of ether oxygens (including phenoxy) is 2. The summed E-state index contributed by atoms with van der Waals surface area (Å²) in [5.74, 6) is -0.748. The second-order valence-electron chi connectivity index (χ2n) is 13.6. The Morgan fingerprint density at radius 3 is 1.30 bits per heavy atom. The van der Waals surface area contributed by atoms with Crippen molar-refractivity contribution in [1.29, 1.82) is 0 Å². The molecule has 2 rings (SSSR count). The molecule has 2 saturated heterocycles. The average Bonchev–Trinajstić information content (AvgIpc) is 3.01. The van der Waals surface area contributed by atoms with Gasteiger partial charge in [0.2, 0.25) is 0 Å². The van der Waals surface area contributed by atoms with Crippen LogP contribution in [0.5, 0.6) is 0 Å². The molecule has 0 aromatic heterocycles. The van der Waals surface area contributed by atoms with Crippen molar-refractivity contribution in [3.05, 3.63) is 0 Å². The van der Waals surface area contributed by atoms with Crippen molar-refractivity contribution in [1.82, 2.24) is 0 Å². The third kappa shape index (κ3) is 14.4. The fourth-order valence-electron chi connectivity index (χ4n) is 6.75. The maximum absolute atomic E-state index is 13.3. The van der Waals surface area contributed by atoms with Gasteiger partial charge in [-0.05, 0) is 63.2 Å². The smallest absolute Gasteiger partial charge is 0.131 e. The lowest BCUT2D eigenvalue weighted by Gasteiger charge is -2.40. The minimum absolute atomic E-state index is 0.0464. The van der Waals surface area contributed by atoms with E-state index in [2.05, 4.69) is 37.9 Å². The van der Waals surface area contributed by atoms with E-state index in [1.54, 1.807) is 0 Å². The second-order valence-corrected chi connectivity index (χ2v) is 13.6. The number of unbranched alkanes of at least 4 members (excludes halogenated alkanes) is 2. The highest BCUT2D eigenvalue weighted by atomic mass is 16.5. The molecule has 0 aliphatic carbocycles. The molecule has 4 atom stereocenters. The molecule has 0 aromatic rings. The minimum Gasteiger partial charge on any atom is -0.854 e. The number of quaternary nitrogens is 2. The van der Waals surface area contributed by atoms with Crippen LogP contribution in [-0.2, 0) is 9.47 Å². The third-order valence-electron chi connectivity index (χ3n) is 9.60. The number of piperidine rings is 2. The molecule has 0 bridgehead atoms. The van der Waals surface area contributed by atoms with E-state index in [0.29, 0.717) is 51.2 Å². The first-order valence-corrected chi connectivity index (χ1v) is 18.0. The summed E-state index contributed by atoms with van der Waals surface area (Å²) in [4.78, 5) is 0. The summed E-state index contributed by atoms with van der Waals surface area (Å²) in [7, 11) is 0. The SMILES string of the molecule is CCCCC(CC)COCC(O)C[N+]1(/N=C([O-])/C([O-])=N/[N+]2(CC(O)COCC(CC)CCCC)CCCCC2)CCCCC1. The van der Waals surface area contributed by atoms with Gasteiger partial charge in [-0.15, -0.1) is 0 Å². The number of nitrogens with zero attached hydrogens (tertiary/aromatic N) is 4. The summed E-state index contributed by atoms with van der Waals surface area (Å²) >= 11 is 0. The number of hydrogen-bond acceptors (Lipinski definition) is 8. The Kier molecular flexibility index (Phi) is 19.0. The zero-order valence-corrected chi connectivity index (χ0v) is 28.6. The molecule has 4 unspecified atom stereocenters. The van der Waals surface area contributed by atoms with Crippen LogP contribution in [0.3, 0.4) is 0 Å². The molecular formula is C34H66N4O6. The van der Waals surface area contributed by atoms with E-state index in [1.807, 2.05) is 0 Å². The summed E-state index contributed by atoms with van der Waals surface area (Å²) in [5, 5.41) is 57.2. The topological polar surface area (TPSA) is 130 Å². The number of aliphatic hydroxyl groups excluding tert-OH is 2. The largest absolute Gasteiger partial charge is 0.854 e. The Morgan fingerprint density at radius 1 is 0.614 bits per heavy atom. The maximum atomic E-state index is 13.3. The lowest BCUT2D eigenvalue weighted by Crippen LogP contribution is -2.56. The zero-order chi connectivity index (χ0) is 32.3. The molecule has 2 aliphatic rings. The van der Waals surface area contributed by atoms with Crippen molar-refractivity contribution in [3.8, 4) is 0 Å². The normalized spacial score (nSPS) is 22.0. The predicted molar refractivity (Wildman–Crippen MR) is 173 cm³/mol. The van der Waals surface area contributed by atoms with E-state index < -0.39 is 24.0 Å². The first-order chi connectivity index (χ1) is 21.2. The molecule has 10 heteroatoms. The van der Waals surface area contributed by atoms with Gasteiger partial charge in [0.1, 0.15) is 51.5 Å². The minimum atomic E-state index is -0.860. The Hall–Kier alpha value is -1.30. The third-order valence-corrected chi connectivity index (χ3v) is 9.60. The molecule has 2 N–H and O–H groups in total. The molecule has 2 heterocycles. The summed E-state index contributed by atoms with van der Waals surface area (Å²) in [5.41, 5.74) is 0. The Balaban J connectivity index is 2.06. The van der Waals surface area contributed by atoms with Crippen molar-refractivity contribution < 1.29 is 39.1 Å². The molecule has 0 amide bonds. The first kappa shape index (κ1) is 38.9. The molecule has 2 aliphatic heterocycles. The highest BCUT2D eigenvalue weighted by molar-refractivity contribution is 6.30. The number of hydrogen-bond donors (Lipinski definition) is 2. The molecule has 0 spiro atoms. The van der Waals surface area contributed by atoms with Gasteiger partial charge >= 0.3 is 0 Å². The van der Waals surface area contributed by atoms with E-state index >= 15 is 0 Å². The van der Waals surface area contributed by atoms with E-state index in [9.17, 15) is 20.4 Å². The predicted octanol–water partition coefficient (Wildman–Crippen LogP) is 3.52. The van der Waals surface area contributed by atoms with Crippen LogP contribution in [0, 0.1) is 11.8 Å². The summed E-state index contributed by atoms with van der Waals surface area (Å²) in [6.45, 7) is 13.3. The highest BCUT2D eigenvalue weighted by Gasteiger charge is 2.35. The number of likely N-dealkylation sites (tertiary alicyclic amines) is 2. The maximum Gasteiger partial charge on any atom is 0.131 e. The van der Waals surface area contributed by atoms with Gasteiger partial charge in [0.25, 0.3) is 0 Å². The number of aliphatic hydroxyl groups is 2. The van der Waals surface area contributed by atoms with Crippen molar-refractivity contribution in [2.75, 3.05) is 65.7 Å². The van der Waals surface area contributed by atoms with Gasteiger partial charge in [-0.1, -0.05) is 76.4 Å². The van der Waals surface area contributed by atoms with Crippen molar-refractivity contribution >= 4 is 11.8 Å². The van der Waals surface area contributed by atoms with Gasteiger partial charge in [0.15, 0.2) is 0 Å². The first-order valence-electron chi connectivity index (χ1n) is 18.0. The molecule has 0 aromatic carbocycles. The molecule has 258 valence electrons. The van der Waals surface area contributed by atoms with E-state index in [0.717, 1.165) is 77.0 Å². The molecule has 10 nitrogen and oxygen atoms in total. The van der Waals surface area contributed by atoms with E-state index in [1.165, 1.54) is 12.8 Å². The summed E-state index contributed by atoms with van der Waals surface area (Å²) in [6, 6.07) is 0. The van der Waals surface area contributed by atoms with Crippen LogP contribution >= 0.6 is 0 Å². The van der Waals surface area contributed by atoms with Crippen molar-refractivity contribution in [2.45, 2.75) is 130 Å². The molecule has 44 heavy (non-hydrogen) atoms. The van der Waals surface area contributed by atoms with Crippen LogP contribution in [0.4, 0.5) is 0 Å². The van der Waals surface area contributed by atoms with Crippen LogP contribution in [0.2, 0.25) is 0 Å².